The van der Waals surface area contributed by atoms with Crippen molar-refractivity contribution in [1.82, 2.24) is 5.43 Å². The Balaban J connectivity index is 2.22. The molecule has 1 rings (SSSR count). The highest BCUT2D eigenvalue weighted by Crippen LogP contribution is 2.19. The van der Waals surface area contributed by atoms with E-state index in [1.807, 2.05) is 0 Å². The molecule has 0 aromatic heterocycles. The maximum atomic E-state index is 5.38. The summed E-state index contributed by atoms with van der Waals surface area (Å²) in [5, 5.41) is 0. The van der Waals surface area contributed by atoms with Gasteiger partial charge in [0.25, 0.3) is 0 Å². The lowest BCUT2D eigenvalue weighted by atomic mass is 9.97. The molecule has 1 aliphatic rings. The Kier molecular flexibility index (Phi) is 4.32. The molecule has 0 unspecified atom stereocenters. The lowest BCUT2D eigenvalue weighted by molar-refractivity contribution is 0.676. The fraction of sp³-hybridized carbons (Fsp3) is 0.667. The number of guanidine groups is 1. The average molecular weight is 182 g/mol. The molecule has 0 amide bonds. The summed E-state index contributed by atoms with van der Waals surface area (Å²) in [6.07, 6.45) is 8.45. The molecular formula is C9H18N4. The van der Waals surface area contributed by atoms with Gasteiger partial charge in [-0.1, -0.05) is 11.6 Å². The second kappa shape index (κ2) is 5.59. The van der Waals surface area contributed by atoms with E-state index in [1.54, 1.807) is 0 Å². The summed E-state index contributed by atoms with van der Waals surface area (Å²) in [7, 11) is 0. The lowest BCUT2D eigenvalue weighted by Gasteiger charge is -2.11. The third kappa shape index (κ3) is 3.94. The third-order valence-electron chi connectivity index (χ3n) is 2.25. The van der Waals surface area contributed by atoms with Gasteiger partial charge < -0.3 is 5.73 Å². The molecule has 0 heterocycles. The highest BCUT2D eigenvalue weighted by atomic mass is 15.3. The smallest absolute Gasteiger partial charge is 0.203 e. The van der Waals surface area contributed by atoms with Crippen LogP contribution in [-0.2, 0) is 0 Å². The van der Waals surface area contributed by atoms with Crippen LogP contribution in [0.15, 0.2) is 16.6 Å². The summed E-state index contributed by atoms with van der Waals surface area (Å²) >= 11 is 0. The molecule has 0 aromatic carbocycles. The summed E-state index contributed by atoms with van der Waals surface area (Å²) in [5.74, 6) is 5.39. The van der Waals surface area contributed by atoms with E-state index < -0.39 is 0 Å². The van der Waals surface area contributed by atoms with Crippen LogP contribution in [0.3, 0.4) is 0 Å². The Bertz CT molecular complexity index is 208. The van der Waals surface area contributed by atoms with Gasteiger partial charge in [0, 0.05) is 6.54 Å². The van der Waals surface area contributed by atoms with Crippen molar-refractivity contribution in [2.75, 3.05) is 6.54 Å². The Morgan fingerprint density at radius 2 is 2.38 bits per heavy atom. The first-order valence-corrected chi connectivity index (χ1v) is 4.77. The Hall–Kier alpha value is -1.03. The molecule has 0 bridgehead atoms. The molecule has 0 aliphatic heterocycles. The highest BCUT2D eigenvalue weighted by Gasteiger charge is 2.02. The highest BCUT2D eigenvalue weighted by molar-refractivity contribution is 5.77. The number of hydrazine groups is 1. The number of nitrogens with zero attached hydrogens (tertiary/aromatic N) is 1. The standard InChI is InChI=1S/C9H18N4/c10-9(13-11)12-7-6-8-4-2-1-3-5-8/h4H,1-3,5-7,11H2,(H3,10,12,13). The zero-order valence-corrected chi connectivity index (χ0v) is 7.92. The summed E-state index contributed by atoms with van der Waals surface area (Å²) in [6.45, 7) is 0.738. The van der Waals surface area contributed by atoms with Crippen LogP contribution in [0.4, 0.5) is 0 Å². The van der Waals surface area contributed by atoms with Gasteiger partial charge in [0.05, 0.1) is 0 Å². The fourth-order valence-electron chi connectivity index (χ4n) is 1.50. The van der Waals surface area contributed by atoms with Crippen molar-refractivity contribution in [2.24, 2.45) is 16.6 Å². The molecule has 0 spiro atoms. The van der Waals surface area contributed by atoms with Crippen LogP contribution in [0.5, 0.6) is 0 Å². The van der Waals surface area contributed by atoms with Gasteiger partial charge in [-0.25, -0.2) is 5.84 Å². The molecule has 5 N–H and O–H groups in total. The van der Waals surface area contributed by atoms with Crippen LogP contribution in [0, 0.1) is 0 Å². The molecule has 0 saturated carbocycles. The van der Waals surface area contributed by atoms with Crippen molar-refractivity contribution in [3.05, 3.63) is 11.6 Å². The first-order chi connectivity index (χ1) is 6.33. The van der Waals surface area contributed by atoms with E-state index in [4.69, 9.17) is 11.6 Å². The first kappa shape index (κ1) is 10.1. The van der Waals surface area contributed by atoms with Crippen LogP contribution in [-0.4, -0.2) is 12.5 Å². The van der Waals surface area contributed by atoms with E-state index in [2.05, 4.69) is 16.5 Å². The van der Waals surface area contributed by atoms with Crippen molar-refractivity contribution < 1.29 is 0 Å². The van der Waals surface area contributed by atoms with Gasteiger partial charge in [0.15, 0.2) is 0 Å². The summed E-state index contributed by atoms with van der Waals surface area (Å²) < 4.78 is 0. The van der Waals surface area contributed by atoms with E-state index in [9.17, 15) is 0 Å². The van der Waals surface area contributed by atoms with Crippen molar-refractivity contribution >= 4 is 5.96 Å². The number of hydrogen-bond acceptors (Lipinski definition) is 2. The minimum atomic E-state index is 0.316. The number of rotatable bonds is 3. The summed E-state index contributed by atoms with van der Waals surface area (Å²) in [6, 6.07) is 0. The van der Waals surface area contributed by atoms with Crippen LogP contribution in [0.2, 0.25) is 0 Å². The predicted octanol–water partition coefficient (Wildman–Crippen LogP) is 0.655. The van der Waals surface area contributed by atoms with Crippen LogP contribution in [0.25, 0.3) is 0 Å². The van der Waals surface area contributed by atoms with E-state index in [-0.39, 0.29) is 0 Å². The van der Waals surface area contributed by atoms with E-state index in [0.29, 0.717) is 5.96 Å². The average Bonchev–Trinajstić information content (AvgIpc) is 2.19. The number of nitrogens with two attached hydrogens (primary N) is 2. The maximum absolute atomic E-state index is 5.38. The van der Waals surface area contributed by atoms with Crippen molar-refractivity contribution in [3.63, 3.8) is 0 Å². The number of nitrogens with one attached hydrogen (secondary N) is 1. The number of hydrogen-bond donors (Lipinski definition) is 3. The first-order valence-electron chi connectivity index (χ1n) is 4.77. The second-order valence-corrected chi connectivity index (χ2v) is 3.27. The van der Waals surface area contributed by atoms with Crippen LogP contribution in [0.1, 0.15) is 32.1 Å². The molecule has 0 radical (unpaired) electrons. The fourth-order valence-corrected chi connectivity index (χ4v) is 1.50. The van der Waals surface area contributed by atoms with E-state index >= 15 is 0 Å². The Morgan fingerprint density at radius 1 is 1.54 bits per heavy atom. The number of aliphatic imine (C=N–C) groups is 1. The van der Waals surface area contributed by atoms with Crippen molar-refractivity contribution in [1.29, 1.82) is 0 Å². The predicted molar refractivity (Wildman–Crippen MR) is 55.0 cm³/mol. The van der Waals surface area contributed by atoms with E-state index in [1.165, 1.54) is 31.3 Å². The Morgan fingerprint density at radius 3 is 3.00 bits per heavy atom. The molecule has 0 aromatic rings. The molecule has 13 heavy (non-hydrogen) atoms. The van der Waals surface area contributed by atoms with Gasteiger partial charge in [-0.3, -0.25) is 10.4 Å². The van der Waals surface area contributed by atoms with Crippen LogP contribution < -0.4 is 17.0 Å². The number of allylic oxidation sites excluding steroid dienone is 1. The van der Waals surface area contributed by atoms with Crippen molar-refractivity contribution in [3.8, 4) is 0 Å². The topological polar surface area (TPSA) is 76.4 Å². The molecule has 74 valence electrons. The van der Waals surface area contributed by atoms with Gasteiger partial charge in [-0.15, -0.1) is 0 Å². The van der Waals surface area contributed by atoms with Gasteiger partial charge in [-0.2, -0.15) is 0 Å². The quantitative estimate of drug-likeness (QED) is 0.197. The summed E-state index contributed by atoms with van der Waals surface area (Å²) in [4.78, 5) is 4.05. The van der Waals surface area contributed by atoms with Crippen LogP contribution >= 0.6 is 0 Å². The van der Waals surface area contributed by atoms with E-state index in [0.717, 1.165) is 13.0 Å². The normalized spacial score (nSPS) is 18.2. The zero-order chi connectivity index (χ0) is 9.52. The summed E-state index contributed by atoms with van der Waals surface area (Å²) in [5.41, 5.74) is 9.21. The van der Waals surface area contributed by atoms with Gasteiger partial charge in [0.2, 0.25) is 5.96 Å². The molecule has 1 aliphatic carbocycles. The SMILES string of the molecule is NNC(N)=NCCC1=CCCCC1. The minimum Gasteiger partial charge on any atom is -0.369 e. The molecule has 0 fully saturated rings. The monoisotopic (exact) mass is 182 g/mol. The van der Waals surface area contributed by atoms with Crippen molar-refractivity contribution in [2.45, 2.75) is 32.1 Å². The molecule has 0 saturated heterocycles. The minimum absolute atomic E-state index is 0.316. The van der Waals surface area contributed by atoms with Gasteiger partial charge in [0.1, 0.15) is 0 Å². The lowest BCUT2D eigenvalue weighted by Crippen LogP contribution is -2.37. The molecule has 4 heteroatoms. The van der Waals surface area contributed by atoms with Gasteiger partial charge >= 0.3 is 0 Å². The molecule has 0 atom stereocenters. The molecular weight excluding hydrogens is 164 g/mol. The zero-order valence-electron chi connectivity index (χ0n) is 7.92. The molecule has 4 nitrogen and oxygen atoms in total. The van der Waals surface area contributed by atoms with Gasteiger partial charge in [-0.05, 0) is 32.1 Å². The Labute approximate surface area is 79.1 Å². The second-order valence-electron chi connectivity index (χ2n) is 3.27. The third-order valence-corrected chi connectivity index (χ3v) is 2.25. The maximum Gasteiger partial charge on any atom is 0.203 e. The largest absolute Gasteiger partial charge is 0.369 e.